The van der Waals surface area contributed by atoms with Crippen molar-refractivity contribution in [2.24, 2.45) is 0 Å². The number of nitrogens with zero attached hydrogens (tertiary/aromatic N) is 2. The van der Waals surface area contributed by atoms with Gasteiger partial charge in [0.05, 0.1) is 12.6 Å². The average Bonchev–Trinajstić information content (AvgIpc) is 2.31. The third-order valence-corrected chi connectivity index (χ3v) is 3.12. The van der Waals surface area contributed by atoms with Crippen LogP contribution in [0, 0.1) is 6.57 Å². The Labute approximate surface area is 79.5 Å². The van der Waals surface area contributed by atoms with Gasteiger partial charge < -0.3 is 9.58 Å². The lowest BCUT2D eigenvalue weighted by Gasteiger charge is -2.48. The van der Waals surface area contributed by atoms with Gasteiger partial charge in [-0.25, -0.2) is 6.57 Å². The van der Waals surface area contributed by atoms with Gasteiger partial charge in [0.15, 0.2) is 0 Å². The van der Waals surface area contributed by atoms with Crippen LogP contribution in [-0.4, -0.2) is 42.3 Å². The number of ether oxygens (including phenoxy) is 1. The van der Waals surface area contributed by atoms with Crippen molar-refractivity contribution in [2.75, 3.05) is 13.2 Å². The molecular weight excluding hydrogens is 164 g/mol. The van der Waals surface area contributed by atoms with Gasteiger partial charge in [-0.1, -0.05) is 0 Å². The highest BCUT2D eigenvalue weighted by atomic mass is 16.5. The molecule has 0 aliphatic carbocycles. The molecule has 0 unspecified atom stereocenters. The first-order valence-electron chi connectivity index (χ1n) is 4.95. The summed E-state index contributed by atoms with van der Waals surface area (Å²) in [6, 6.07) is 1.66. The number of hydrogen-bond acceptors (Lipinski definition) is 2. The van der Waals surface area contributed by atoms with Gasteiger partial charge in [-0.3, -0.25) is 4.90 Å². The average molecular weight is 180 g/mol. The van der Waals surface area contributed by atoms with Gasteiger partial charge in [-0.15, -0.1) is 0 Å². The lowest BCUT2D eigenvalue weighted by atomic mass is 9.87. The molecule has 3 atom stereocenters. The van der Waals surface area contributed by atoms with Crippen LogP contribution in [0.25, 0.3) is 4.85 Å². The van der Waals surface area contributed by atoms with Crippen LogP contribution in [-0.2, 0) is 4.74 Å². The predicted molar refractivity (Wildman–Crippen MR) is 50.4 cm³/mol. The molecule has 72 valence electrons. The molecule has 2 bridgehead atoms. The van der Waals surface area contributed by atoms with Gasteiger partial charge in [0.1, 0.15) is 6.61 Å². The second kappa shape index (κ2) is 3.28. The highest BCUT2D eigenvalue weighted by Gasteiger charge is 2.49. The van der Waals surface area contributed by atoms with E-state index in [4.69, 9.17) is 11.3 Å². The largest absolute Gasteiger partial charge is 0.372 e. The topological polar surface area (TPSA) is 16.8 Å². The normalized spacial score (nSPS) is 39.4. The molecule has 0 N–H and O–H groups in total. The summed E-state index contributed by atoms with van der Waals surface area (Å²) < 4.78 is 5.48. The number of hydrogen-bond donors (Lipinski definition) is 0. The first-order chi connectivity index (χ1) is 6.24. The Balaban J connectivity index is 2.11. The van der Waals surface area contributed by atoms with Crippen LogP contribution in [0.1, 0.15) is 20.3 Å². The second-order valence-corrected chi connectivity index (χ2v) is 4.23. The third kappa shape index (κ3) is 1.34. The minimum Gasteiger partial charge on any atom is -0.372 e. The van der Waals surface area contributed by atoms with Crippen molar-refractivity contribution in [3.05, 3.63) is 11.4 Å². The van der Waals surface area contributed by atoms with E-state index >= 15 is 0 Å². The lowest BCUT2D eigenvalue weighted by molar-refractivity contribution is -0.0201. The van der Waals surface area contributed by atoms with Crippen molar-refractivity contribution >= 4 is 0 Å². The Morgan fingerprint density at radius 3 is 2.85 bits per heavy atom. The Morgan fingerprint density at radius 1 is 1.46 bits per heavy atom. The molecule has 3 nitrogen and oxygen atoms in total. The molecular formula is C10H16N2O. The molecule has 0 aromatic carbocycles. The standard InChI is InChI=1S/C10H16N2O/c1-7(2)12-8-4-10(12)9(11-3)6-13-5-8/h7-10H,4-6H2,1-2H3/t8-,9-,10+/m0/s1. The maximum atomic E-state index is 7.10. The van der Waals surface area contributed by atoms with Crippen LogP contribution in [0.5, 0.6) is 0 Å². The van der Waals surface area contributed by atoms with E-state index < -0.39 is 0 Å². The van der Waals surface area contributed by atoms with Gasteiger partial charge in [0, 0.05) is 12.1 Å². The highest BCUT2D eigenvalue weighted by Crippen LogP contribution is 2.34. The molecule has 0 saturated carbocycles. The maximum absolute atomic E-state index is 7.10. The van der Waals surface area contributed by atoms with E-state index in [-0.39, 0.29) is 6.04 Å². The summed E-state index contributed by atoms with van der Waals surface area (Å²) in [7, 11) is 0. The van der Waals surface area contributed by atoms with Crippen LogP contribution in [0.15, 0.2) is 0 Å². The Morgan fingerprint density at radius 2 is 2.23 bits per heavy atom. The molecule has 3 heteroatoms. The number of fused-ring (bicyclic) bond motifs is 3. The fraction of sp³-hybridized carbons (Fsp3) is 0.900. The van der Waals surface area contributed by atoms with E-state index in [1.54, 1.807) is 0 Å². The van der Waals surface area contributed by atoms with Gasteiger partial charge >= 0.3 is 0 Å². The fourth-order valence-corrected chi connectivity index (χ4v) is 2.53. The van der Waals surface area contributed by atoms with Crippen molar-refractivity contribution in [3.8, 4) is 0 Å². The Bertz CT molecular complexity index is 234. The minimum absolute atomic E-state index is 0.0705. The van der Waals surface area contributed by atoms with Crippen LogP contribution < -0.4 is 0 Å². The highest BCUT2D eigenvalue weighted by molar-refractivity contribution is 5.06. The maximum Gasteiger partial charge on any atom is 0.261 e. The monoisotopic (exact) mass is 180 g/mol. The molecule has 3 heterocycles. The summed E-state index contributed by atoms with van der Waals surface area (Å²) in [4.78, 5) is 6.08. The van der Waals surface area contributed by atoms with E-state index in [0.29, 0.717) is 24.7 Å². The first kappa shape index (κ1) is 8.98. The Kier molecular flexibility index (Phi) is 2.27. The van der Waals surface area contributed by atoms with Gasteiger partial charge in [-0.05, 0) is 20.3 Å². The van der Waals surface area contributed by atoms with E-state index in [1.165, 1.54) is 0 Å². The van der Waals surface area contributed by atoms with E-state index in [9.17, 15) is 0 Å². The van der Waals surface area contributed by atoms with Crippen LogP contribution in [0.4, 0.5) is 0 Å². The third-order valence-electron chi connectivity index (χ3n) is 3.12. The van der Waals surface area contributed by atoms with E-state index in [2.05, 4.69) is 23.6 Å². The van der Waals surface area contributed by atoms with E-state index in [1.807, 2.05) is 0 Å². The molecule has 3 aliphatic heterocycles. The quantitative estimate of drug-likeness (QED) is 0.563. The minimum atomic E-state index is 0.0705. The second-order valence-electron chi connectivity index (χ2n) is 4.23. The molecule has 0 amide bonds. The predicted octanol–water partition coefficient (Wildman–Crippen LogP) is 1.16. The molecule has 3 saturated heterocycles. The van der Waals surface area contributed by atoms with Crippen LogP contribution >= 0.6 is 0 Å². The zero-order valence-corrected chi connectivity index (χ0v) is 8.23. The summed E-state index contributed by atoms with van der Waals surface area (Å²) in [5.74, 6) is 0. The zero-order chi connectivity index (χ0) is 9.42. The Hall–Kier alpha value is -0.590. The summed E-state index contributed by atoms with van der Waals surface area (Å²) in [6.45, 7) is 13.0. The molecule has 0 spiro atoms. The molecule has 3 rings (SSSR count). The van der Waals surface area contributed by atoms with Gasteiger partial charge in [-0.2, -0.15) is 0 Å². The fourth-order valence-electron chi connectivity index (χ4n) is 2.53. The summed E-state index contributed by atoms with van der Waals surface area (Å²) in [6.07, 6.45) is 1.16. The molecule has 0 aromatic heterocycles. The van der Waals surface area contributed by atoms with Crippen LogP contribution in [0.2, 0.25) is 0 Å². The lowest BCUT2D eigenvalue weighted by Crippen LogP contribution is -2.62. The SMILES string of the molecule is [C-]#[N+][C@H]1COC[C@@H]2C[C@H]1N2C(C)C. The first-order valence-corrected chi connectivity index (χ1v) is 4.95. The molecule has 3 aliphatic rings. The summed E-state index contributed by atoms with van der Waals surface area (Å²) in [5, 5.41) is 0. The van der Waals surface area contributed by atoms with Gasteiger partial charge in [0.2, 0.25) is 0 Å². The van der Waals surface area contributed by atoms with Crippen molar-refractivity contribution in [3.63, 3.8) is 0 Å². The van der Waals surface area contributed by atoms with Crippen molar-refractivity contribution in [1.82, 2.24) is 4.90 Å². The van der Waals surface area contributed by atoms with Crippen LogP contribution in [0.3, 0.4) is 0 Å². The molecule has 0 aromatic rings. The number of rotatable bonds is 1. The molecule has 3 fully saturated rings. The summed E-state index contributed by atoms with van der Waals surface area (Å²) in [5.41, 5.74) is 0. The molecule has 0 radical (unpaired) electrons. The van der Waals surface area contributed by atoms with Crippen molar-refractivity contribution in [2.45, 2.75) is 44.4 Å². The summed E-state index contributed by atoms with van der Waals surface area (Å²) >= 11 is 0. The van der Waals surface area contributed by atoms with E-state index in [0.717, 1.165) is 13.0 Å². The van der Waals surface area contributed by atoms with Gasteiger partial charge in [0.25, 0.3) is 6.04 Å². The molecule has 13 heavy (non-hydrogen) atoms. The smallest absolute Gasteiger partial charge is 0.261 e. The van der Waals surface area contributed by atoms with Crippen molar-refractivity contribution in [1.29, 1.82) is 0 Å². The zero-order valence-electron chi connectivity index (χ0n) is 8.23. The van der Waals surface area contributed by atoms with Crippen molar-refractivity contribution < 1.29 is 4.74 Å².